The molecule has 0 aliphatic carbocycles. The fourth-order valence-corrected chi connectivity index (χ4v) is 3.09. The molecule has 0 fully saturated rings. The van der Waals surface area contributed by atoms with E-state index in [1.165, 1.54) is 24.3 Å². The number of fused-ring (bicyclic) bond motifs is 1. The van der Waals surface area contributed by atoms with Crippen LogP contribution in [0.5, 0.6) is 17.2 Å². The number of Topliss-reactive ketones (excluding diaryl/α,β-unsaturated/α-hetero) is 1. The molecule has 0 aromatic heterocycles. The minimum Gasteiger partial charge on any atom is -0.494 e. The number of hydrogen-bond acceptors (Lipinski definition) is 7. The summed E-state index contributed by atoms with van der Waals surface area (Å²) in [7, 11) is 0. The molecule has 1 aliphatic rings. The number of ketones is 1. The van der Waals surface area contributed by atoms with E-state index < -0.39 is 10.9 Å². The summed E-state index contributed by atoms with van der Waals surface area (Å²) >= 11 is 0. The number of carbonyl (C=O) groups is 2. The quantitative estimate of drug-likeness (QED) is 0.181. The van der Waals surface area contributed by atoms with Crippen molar-refractivity contribution in [1.29, 1.82) is 0 Å². The van der Waals surface area contributed by atoms with Crippen molar-refractivity contribution in [1.82, 2.24) is 0 Å². The highest BCUT2D eigenvalue weighted by Crippen LogP contribution is 2.35. The molecule has 0 unspecified atom stereocenters. The van der Waals surface area contributed by atoms with Gasteiger partial charge in [-0.2, -0.15) is 0 Å². The van der Waals surface area contributed by atoms with Crippen LogP contribution in [0.15, 0.2) is 72.5 Å². The second-order valence-corrected chi connectivity index (χ2v) is 6.79. The fourth-order valence-electron chi connectivity index (χ4n) is 3.09. The van der Waals surface area contributed by atoms with Gasteiger partial charge in [0, 0.05) is 18.2 Å². The summed E-state index contributed by atoms with van der Waals surface area (Å²) in [5, 5.41) is 10.7. The number of benzene rings is 3. The van der Waals surface area contributed by atoms with Gasteiger partial charge in [0.05, 0.1) is 22.7 Å². The largest absolute Gasteiger partial charge is 0.494 e. The van der Waals surface area contributed by atoms with Crippen LogP contribution in [-0.2, 0) is 0 Å². The van der Waals surface area contributed by atoms with Gasteiger partial charge >= 0.3 is 5.97 Å². The summed E-state index contributed by atoms with van der Waals surface area (Å²) in [4.78, 5) is 34.9. The van der Waals surface area contributed by atoms with Crippen molar-refractivity contribution < 1.29 is 28.7 Å². The van der Waals surface area contributed by atoms with E-state index in [2.05, 4.69) is 0 Å². The molecular weight excluding hydrogens is 414 g/mol. The van der Waals surface area contributed by atoms with Crippen LogP contribution < -0.4 is 14.2 Å². The van der Waals surface area contributed by atoms with Gasteiger partial charge in [-0.25, -0.2) is 4.79 Å². The summed E-state index contributed by atoms with van der Waals surface area (Å²) in [5.74, 6) is 0.681. The van der Waals surface area contributed by atoms with Crippen molar-refractivity contribution in [3.63, 3.8) is 0 Å². The number of rotatable bonds is 6. The van der Waals surface area contributed by atoms with Crippen molar-refractivity contribution in [2.45, 2.75) is 6.92 Å². The molecule has 0 N–H and O–H groups in total. The molecule has 160 valence electrons. The highest BCUT2D eigenvalue weighted by Gasteiger charge is 2.27. The number of esters is 1. The summed E-state index contributed by atoms with van der Waals surface area (Å²) in [6, 6.07) is 16.7. The fraction of sp³-hybridized carbons (Fsp3) is 0.0833. The van der Waals surface area contributed by atoms with E-state index in [0.29, 0.717) is 35.0 Å². The Kier molecular flexibility index (Phi) is 5.67. The number of nitro groups is 1. The lowest BCUT2D eigenvalue weighted by molar-refractivity contribution is -0.384. The van der Waals surface area contributed by atoms with Gasteiger partial charge in [0.15, 0.2) is 5.76 Å². The minimum absolute atomic E-state index is 0.112. The SMILES string of the molecule is CCOc1ccc2c(c1)O/C(=C\c1ccc(OC(=O)c3ccc([N+](=O)[O-])cc3)cc1)C2=O. The molecule has 0 saturated heterocycles. The first-order chi connectivity index (χ1) is 15.4. The highest BCUT2D eigenvalue weighted by atomic mass is 16.6. The Morgan fingerprint density at radius 2 is 1.72 bits per heavy atom. The predicted octanol–water partition coefficient (Wildman–Crippen LogP) is 4.83. The number of ether oxygens (including phenoxy) is 3. The van der Waals surface area contributed by atoms with Crippen molar-refractivity contribution in [3.05, 3.63) is 99.3 Å². The van der Waals surface area contributed by atoms with Crippen LogP contribution >= 0.6 is 0 Å². The van der Waals surface area contributed by atoms with E-state index in [9.17, 15) is 19.7 Å². The minimum atomic E-state index is -0.638. The molecule has 0 bridgehead atoms. The maximum Gasteiger partial charge on any atom is 0.343 e. The smallest absolute Gasteiger partial charge is 0.343 e. The Hall–Kier alpha value is -4.46. The molecular formula is C24H17NO7. The van der Waals surface area contributed by atoms with Gasteiger partial charge in [-0.15, -0.1) is 0 Å². The lowest BCUT2D eigenvalue weighted by atomic mass is 10.1. The third-order valence-corrected chi connectivity index (χ3v) is 4.65. The lowest BCUT2D eigenvalue weighted by Gasteiger charge is -2.05. The molecule has 0 radical (unpaired) electrons. The molecule has 3 aromatic rings. The van der Waals surface area contributed by atoms with Crippen LogP contribution in [0.1, 0.15) is 33.2 Å². The molecule has 0 amide bonds. The van der Waals surface area contributed by atoms with Gasteiger partial charge in [0.1, 0.15) is 17.2 Å². The van der Waals surface area contributed by atoms with Crippen molar-refractivity contribution in [2.75, 3.05) is 6.61 Å². The zero-order valence-electron chi connectivity index (χ0n) is 16.9. The standard InChI is InChI=1S/C24H17NO7/c1-2-30-19-11-12-20-21(14-19)32-22(23(20)26)13-15-3-9-18(10-4-15)31-24(27)16-5-7-17(8-6-16)25(28)29/h3-14H,2H2,1H3/b22-13-. The molecule has 1 aliphatic heterocycles. The predicted molar refractivity (Wildman–Crippen MR) is 115 cm³/mol. The summed E-state index contributed by atoms with van der Waals surface area (Å²) in [5.41, 5.74) is 1.23. The molecule has 0 saturated carbocycles. The topological polar surface area (TPSA) is 105 Å². The monoisotopic (exact) mass is 431 g/mol. The van der Waals surface area contributed by atoms with Gasteiger partial charge in [-0.3, -0.25) is 14.9 Å². The molecule has 1 heterocycles. The van der Waals surface area contributed by atoms with Crippen LogP contribution in [0.4, 0.5) is 5.69 Å². The highest BCUT2D eigenvalue weighted by molar-refractivity contribution is 6.14. The molecule has 0 atom stereocenters. The summed E-state index contributed by atoms with van der Waals surface area (Å²) in [6.07, 6.45) is 1.60. The zero-order valence-corrected chi connectivity index (χ0v) is 16.9. The zero-order chi connectivity index (χ0) is 22.7. The van der Waals surface area contributed by atoms with Gasteiger partial charge < -0.3 is 14.2 Å². The third-order valence-electron chi connectivity index (χ3n) is 4.65. The Labute approximate surface area is 182 Å². The summed E-state index contributed by atoms with van der Waals surface area (Å²) in [6.45, 7) is 2.38. The average Bonchev–Trinajstić information content (AvgIpc) is 3.10. The third kappa shape index (κ3) is 4.34. The lowest BCUT2D eigenvalue weighted by Crippen LogP contribution is -2.08. The number of nitro benzene ring substituents is 1. The average molecular weight is 431 g/mol. The Bertz CT molecular complexity index is 1230. The normalized spacial score (nSPS) is 13.4. The second kappa shape index (κ2) is 8.73. The van der Waals surface area contributed by atoms with E-state index in [-0.39, 0.29) is 22.8 Å². The van der Waals surface area contributed by atoms with Crippen molar-refractivity contribution >= 4 is 23.5 Å². The Balaban J connectivity index is 1.44. The van der Waals surface area contributed by atoms with Crippen LogP contribution in [-0.4, -0.2) is 23.3 Å². The number of allylic oxidation sites excluding steroid dienone is 1. The first kappa shape index (κ1) is 20.8. The van der Waals surface area contributed by atoms with E-state index in [1.54, 1.807) is 48.5 Å². The van der Waals surface area contributed by atoms with E-state index in [1.807, 2.05) is 6.92 Å². The second-order valence-electron chi connectivity index (χ2n) is 6.79. The maximum absolute atomic E-state index is 12.6. The molecule has 32 heavy (non-hydrogen) atoms. The van der Waals surface area contributed by atoms with Gasteiger partial charge in [-0.05, 0) is 55.0 Å². The van der Waals surface area contributed by atoms with Crippen LogP contribution in [0.2, 0.25) is 0 Å². The van der Waals surface area contributed by atoms with E-state index >= 15 is 0 Å². The van der Waals surface area contributed by atoms with Crippen LogP contribution in [0.25, 0.3) is 6.08 Å². The number of hydrogen-bond donors (Lipinski definition) is 0. The van der Waals surface area contributed by atoms with Crippen LogP contribution in [0, 0.1) is 10.1 Å². The molecule has 8 heteroatoms. The maximum atomic E-state index is 12.6. The molecule has 4 rings (SSSR count). The molecule has 0 spiro atoms. The van der Waals surface area contributed by atoms with Crippen molar-refractivity contribution in [3.8, 4) is 17.2 Å². The van der Waals surface area contributed by atoms with Gasteiger partial charge in [-0.1, -0.05) is 12.1 Å². The van der Waals surface area contributed by atoms with E-state index in [0.717, 1.165) is 0 Å². The van der Waals surface area contributed by atoms with Crippen molar-refractivity contribution in [2.24, 2.45) is 0 Å². The van der Waals surface area contributed by atoms with Gasteiger partial charge in [0.25, 0.3) is 5.69 Å². The molecule has 8 nitrogen and oxygen atoms in total. The summed E-state index contributed by atoms with van der Waals surface area (Å²) < 4.78 is 16.4. The first-order valence-corrected chi connectivity index (χ1v) is 9.72. The number of non-ortho nitro benzene ring substituents is 1. The first-order valence-electron chi connectivity index (χ1n) is 9.72. The van der Waals surface area contributed by atoms with E-state index in [4.69, 9.17) is 14.2 Å². The number of nitrogens with zero attached hydrogens (tertiary/aromatic N) is 1. The Morgan fingerprint density at radius 3 is 2.38 bits per heavy atom. The number of carbonyl (C=O) groups excluding carboxylic acids is 2. The Morgan fingerprint density at radius 1 is 1.03 bits per heavy atom. The van der Waals surface area contributed by atoms with Crippen LogP contribution in [0.3, 0.4) is 0 Å². The molecule has 3 aromatic carbocycles. The van der Waals surface area contributed by atoms with Gasteiger partial charge in [0.2, 0.25) is 5.78 Å².